The highest BCUT2D eigenvalue weighted by atomic mass is 16.2. The Morgan fingerprint density at radius 3 is 2.77 bits per heavy atom. The molecule has 5 nitrogen and oxygen atoms in total. The first-order chi connectivity index (χ1) is 12.8. The van der Waals surface area contributed by atoms with E-state index in [2.05, 4.69) is 50.5 Å². The minimum Gasteiger partial charge on any atom is -0.345 e. The molecule has 2 N–H and O–H groups in total. The second-order valence-electron chi connectivity index (χ2n) is 7.09. The molecule has 5 heteroatoms. The van der Waals surface area contributed by atoms with Crippen molar-refractivity contribution in [1.82, 2.24) is 14.9 Å². The Morgan fingerprint density at radius 2 is 1.96 bits per heavy atom. The molecule has 1 aliphatic rings. The summed E-state index contributed by atoms with van der Waals surface area (Å²) in [6.45, 7) is 2.43. The van der Waals surface area contributed by atoms with Gasteiger partial charge in [0.15, 0.2) is 0 Å². The summed E-state index contributed by atoms with van der Waals surface area (Å²) in [6, 6.07) is 16.4. The number of nitrogens with one attached hydrogen (secondary N) is 2. The molecule has 0 spiro atoms. The SMILES string of the molecule is O=C(CN1CCC(Cc2ccccc2)CC1)Nc1ccc2[nH]cnc2c1. The van der Waals surface area contributed by atoms with Gasteiger partial charge in [-0.25, -0.2) is 4.98 Å². The molecule has 0 atom stereocenters. The Bertz CT molecular complexity index is 866. The molecule has 0 unspecified atom stereocenters. The fraction of sp³-hybridized carbons (Fsp3) is 0.333. The maximum Gasteiger partial charge on any atom is 0.238 e. The van der Waals surface area contributed by atoms with Gasteiger partial charge in [-0.05, 0) is 62.0 Å². The van der Waals surface area contributed by atoms with Crippen molar-refractivity contribution in [3.8, 4) is 0 Å². The zero-order valence-electron chi connectivity index (χ0n) is 14.8. The Labute approximate surface area is 153 Å². The number of anilines is 1. The van der Waals surface area contributed by atoms with E-state index in [0.29, 0.717) is 6.54 Å². The maximum atomic E-state index is 12.3. The topological polar surface area (TPSA) is 61.0 Å². The van der Waals surface area contributed by atoms with E-state index in [1.165, 1.54) is 5.56 Å². The normalized spacial score (nSPS) is 16.0. The van der Waals surface area contributed by atoms with Crippen LogP contribution in [0.1, 0.15) is 18.4 Å². The van der Waals surface area contributed by atoms with Crippen molar-refractivity contribution >= 4 is 22.6 Å². The van der Waals surface area contributed by atoms with Crippen LogP contribution in [-0.2, 0) is 11.2 Å². The molecule has 1 amide bonds. The second-order valence-corrected chi connectivity index (χ2v) is 7.09. The summed E-state index contributed by atoms with van der Waals surface area (Å²) < 4.78 is 0. The van der Waals surface area contributed by atoms with Crippen LogP contribution < -0.4 is 5.32 Å². The number of hydrogen-bond acceptors (Lipinski definition) is 3. The lowest BCUT2D eigenvalue weighted by Crippen LogP contribution is -2.39. The van der Waals surface area contributed by atoms with Gasteiger partial charge in [0, 0.05) is 5.69 Å². The lowest BCUT2D eigenvalue weighted by atomic mass is 9.90. The Kier molecular flexibility index (Phi) is 4.97. The van der Waals surface area contributed by atoms with E-state index in [4.69, 9.17) is 0 Å². The summed E-state index contributed by atoms with van der Waals surface area (Å²) in [4.78, 5) is 21.9. The van der Waals surface area contributed by atoms with Gasteiger partial charge in [-0.3, -0.25) is 9.69 Å². The standard InChI is InChI=1S/C21H24N4O/c26-21(24-18-6-7-19-20(13-18)23-15-22-19)14-25-10-8-17(9-11-25)12-16-4-2-1-3-5-16/h1-7,13,15,17H,8-12,14H2,(H,22,23)(H,24,26). The lowest BCUT2D eigenvalue weighted by Gasteiger charge is -2.31. The first-order valence-electron chi connectivity index (χ1n) is 9.25. The summed E-state index contributed by atoms with van der Waals surface area (Å²) in [5.41, 5.74) is 4.05. The van der Waals surface area contributed by atoms with Crippen molar-refractivity contribution in [2.45, 2.75) is 19.3 Å². The lowest BCUT2D eigenvalue weighted by molar-refractivity contribution is -0.117. The van der Waals surface area contributed by atoms with Gasteiger partial charge in [0.2, 0.25) is 5.91 Å². The van der Waals surface area contributed by atoms with E-state index in [-0.39, 0.29) is 5.91 Å². The number of H-pyrrole nitrogens is 1. The molecule has 4 rings (SSSR count). The monoisotopic (exact) mass is 348 g/mol. The van der Waals surface area contributed by atoms with Crippen LogP contribution in [0.4, 0.5) is 5.69 Å². The largest absolute Gasteiger partial charge is 0.345 e. The minimum absolute atomic E-state index is 0.0430. The van der Waals surface area contributed by atoms with Gasteiger partial charge in [0.1, 0.15) is 0 Å². The Balaban J connectivity index is 1.25. The number of aromatic amines is 1. The fourth-order valence-corrected chi connectivity index (χ4v) is 3.71. The number of carbonyl (C=O) groups excluding carboxylic acids is 1. The van der Waals surface area contributed by atoms with Crippen LogP contribution in [0, 0.1) is 5.92 Å². The average molecular weight is 348 g/mol. The zero-order chi connectivity index (χ0) is 17.8. The van der Waals surface area contributed by atoms with Gasteiger partial charge in [-0.15, -0.1) is 0 Å². The number of aromatic nitrogens is 2. The van der Waals surface area contributed by atoms with Crippen LogP contribution in [0.25, 0.3) is 11.0 Å². The summed E-state index contributed by atoms with van der Waals surface area (Å²) in [5, 5.41) is 2.99. The van der Waals surface area contributed by atoms with Crippen molar-refractivity contribution in [1.29, 1.82) is 0 Å². The third-order valence-electron chi connectivity index (χ3n) is 5.15. The number of likely N-dealkylation sites (tertiary alicyclic amines) is 1. The van der Waals surface area contributed by atoms with Gasteiger partial charge in [-0.1, -0.05) is 30.3 Å². The van der Waals surface area contributed by atoms with E-state index in [1.807, 2.05) is 18.2 Å². The van der Waals surface area contributed by atoms with E-state index >= 15 is 0 Å². The fourth-order valence-electron chi connectivity index (χ4n) is 3.71. The molecular weight excluding hydrogens is 324 g/mol. The minimum atomic E-state index is 0.0430. The summed E-state index contributed by atoms with van der Waals surface area (Å²) in [5.74, 6) is 0.764. The predicted octanol–water partition coefficient (Wildman–Crippen LogP) is 3.46. The molecule has 0 saturated carbocycles. The highest BCUT2D eigenvalue weighted by Gasteiger charge is 2.21. The number of imidazole rings is 1. The van der Waals surface area contributed by atoms with Crippen molar-refractivity contribution < 1.29 is 4.79 Å². The highest BCUT2D eigenvalue weighted by molar-refractivity contribution is 5.94. The van der Waals surface area contributed by atoms with E-state index in [0.717, 1.165) is 55.0 Å². The highest BCUT2D eigenvalue weighted by Crippen LogP contribution is 2.22. The molecule has 2 heterocycles. The number of benzene rings is 2. The van der Waals surface area contributed by atoms with Crippen LogP contribution in [0.15, 0.2) is 54.9 Å². The van der Waals surface area contributed by atoms with E-state index in [1.54, 1.807) is 6.33 Å². The van der Waals surface area contributed by atoms with Crippen LogP contribution in [-0.4, -0.2) is 40.4 Å². The molecule has 1 fully saturated rings. The number of amides is 1. The van der Waals surface area contributed by atoms with Gasteiger partial charge in [-0.2, -0.15) is 0 Å². The van der Waals surface area contributed by atoms with E-state index in [9.17, 15) is 4.79 Å². The molecule has 0 aliphatic carbocycles. The molecule has 1 saturated heterocycles. The second kappa shape index (κ2) is 7.70. The van der Waals surface area contributed by atoms with Crippen molar-refractivity contribution in [2.75, 3.05) is 25.0 Å². The number of piperidine rings is 1. The van der Waals surface area contributed by atoms with E-state index < -0.39 is 0 Å². The average Bonchev–Trinajstić information content (AvgIpc) is 3.12. The Hall–Kier alpha value is -2.66. The number of nitrogens with zero attached hydrogens (tertiary/aromatic N) is 2. The number of hydrogen-bond donors (Lipinski definition) is 2. The molecule has 26 heavy (non-hydrogen) atoms. The molecule has 0 radical (unpaired) electrons. The molecule has 0 bridgehead atoms. The first kappa shape index (κ1) is 16.8. The third-order valence-corrected chi connectivity index (χ3v) is 5.15. The van der Waals surface area contributed by atoms with Gasteiger partial charge in [0.25, 0.3) is 0 Å². The molecule has 134 valence electrons. The Morgan fingerprint density at radius 1 is 1.15 bits per heavy atom. The van der Waals surface area contributed by atoms with Crippen molar-refractivity contribution in [3.05, 3.63) is 60.4 Å². The van der Waals surface area contributed by atoms with Crippen LogP contribution >= 0.6 is 0 Å². The number of fused-ring (bicyclic) bond motifs is 1. The van der Waals surface area contributed by atoms with Crippen LogP contribution in [0.3, 0.4) is 0 Å². The van der Waals surface area contributed by atoms with Gasteiger partial charge < -0.3 is 10.3 Å². The van der Waals surface area contributed by atoms with Crippen LogP contribution in [0.2, 0.25) is 0 Å². The molecule has 2 aromatic carbocycles. The van der Waals surface area contributed by atoms with Gasteiger partial charge >= 0.3 is 0 Å². The quantitative estimate of drug-likeness (QED) is 0.742. The summed E-state index contributed by atoms with van der Waals surface area (Å²) in [7, 11) is 0. The molecular formula is C21H24N4O. The maximum absolute atomic E-state index is 12.3. The van der Waals surface area contributed by atoms with Crippen molar-refractivity contribution in [3.63, 3.8) is 0 Å². The number of carbonyl (C=O) groups is 1. The van der Waals surface area contributed by atoms with Crippen molar-refractivity contribution in [2.24, 2.45) is 5.92 Å². The van der Waals surface area contributed by atoms with Gasteiger partial charge in [0.05, 0.1) is 23.9 Å². The smallest absolute Gasteiger partial charge is 0.238 e. The summed E-state index contributed by atoms with van der Waals surface area (Å²) >= 11 is 0. The first-order valence-corrected chi connectivity index (χ1v) is 9.25. The van der Waals surface area contributed by atoms with Crippen LogP contribution in [0.5, 0.6) is 0 Å². The third kappa shape index (κ3) is 4.11. The predicted molar refractivity (Wildman–Crippen MR) is 104 cm³/mol. The number of rotatable bonds is 5. The summed E-state index contributed by atoms with van der Waals surface area (Å²) in [6.07, 6.45) is 5.11. The molecule has 1 aliphatic heterocycles. The molecule has 3 aromatic rings. The zero-order valence-corrected chi connectivity index (χ0v) is 14.8. The molecule has 1 aromatic heterocycles.